The van der Waals surface area contributed by atoms with Crippen LogP contribution in [0.4, 0.5) is 0 Å². The minimum absolute atomic E-state index is 0.308. The van der Waals surface area contributed by atoms with Crippen LogP contribution in [-0.4, -0.2) is 61.3 Å². The minimum atomic E-state index is -3.91. The maximum absolute atomic E-state index is 12.0. The first kappa shape index (κ1) is 15.6. The Kier molecular flexibility index (Phi) is 5.04. The molecule has 0 spiro atoms. The topological polar surface area (TPSA) is 115 Å². The Labute approximate surface area is 111 Å². The monoisotopic (exact) mass is 290 g/mol. The molecule has 0 fully saturated rings. The zero-order valence-corrected chi connectivity index (χ0v) is 11.9. The van der Waals surface area contributed by atoms with Gasteiger partial charge in [0.05, 0.1) is 6.20 Å². The van der Waals surface area contributed by atoms with Crippen molar-refractivity contribution >= 4 is 16.0 Å². The lowest BCUT2D eigenvalue weighted by atomic mass is 10.2. The van der Waals surface area contributed by atoms with Gasteiger partial charge in [-0.3, -0.25) is 5.10 Å². The number of hydrogen-bond acceptors (Lipinski definition) is 5. The summed E-state index contributed by atoms with van der Waals surface area (Å²) in [6, 6.07) is -0.308. The van der Waals surface area contributed by atoms with Gasteiger partial charge in [0.15, 0.2) is 5.03 Å². The van der Waals surface area contributed by atoms with Crippen LogP contribution in [0, 0.1) is 0 Å². The second kappa shape index (κ2) is 6.13. The lowest BCUT2D eigenvalue weighted by Gasteiger charge is -2.16. The van der Waals surface area contributed by atoms with Crippen LogP contribution in [0.15, 0.2) is 11.2 Å². The molecule has 19 heavy (non-hydrogen) atoms. The highest BCUT2D eigenvalue weighted by Crippen LogP contribution is 2.12. The molecule has 0 aliphatic carbocycles. The number of carboxylic acid groups (broad SMARTS) is 1. The number of hydrogen-bond donors (Lipinski definition) is 3. The zero-order chi connectivity index (χ0) is 14.6. The van der Waals surface area contributed by atoms with Crippen molar-refractivity contribution in [3.05, 3.63) is 11.8 Å². The largest absolute Gasteiger partial charge is 0.478 e. The lowest BCUT2D eigenvalue weighted by molar-refractivity contribution is 0.0692. The molecule has 1 rings (SSSR count). The number of carboxylic acids is 1. The van der Waals surface area contributed by atoms with Crippen LogP contribution in [0.3, 0.4) is 0 Å². The van der Waals surface area contributed by atoms with Crippen LogP contribution < -0.4 is 4.72 Å². The Hall–Kier alpha value is -1.45. The summed E-state index contributed by atoms with van der Waals surface area (Å²) < 4.78 is 26.4. The van der Waals surface area contributed by atoms with Gasteiger partial charge in [-0.05, 0) is 34.0 Å². The van der Waals surface area contributed by atoms with E-state index in [4.69, 9.17) is 5.11 Å². The molecule has 0 aromatic carbocycles. The molecule has 9 heteroatoms. The summed E-state index contributed by atoms with van der Waals surface area (Å²) in [5, 5.41) is 14.1. The van der Waals surface area contributed by atoms with E-state index >= 15 is 0 Å². The Morgan fingerprint density at radius 3 is 2.74 bits per heavy atom. The molecule has 1 aromatic rings. The van der Waals surface area contributed by atoms with Crippen molar-refractivity contribution < 1.29 is 18.3 Å². The van der Waals surface area contributed by atoms with Crippen LogP contribution >= 0.6 is 0 Å². The number of rotatable bonds is 7. The Bertz CT molecular complexity index is 537. The lowest BCUT2D eigenvalue weighted by Crippen LogP contribution is -2.35. The molecule has 0 aliphatic heterocycles. The number of sulfonamides is 1. The fourth-order valence-electron chi connectivity index (χ4n) is 1.47. The summed E-state index contributed by atoms with van der Waals surface area (Å²) in [6.07, 6.45) is 1.59. The third kappa shape index (κ3) is 4.30. The second-order valence-electron chi connectivity index (χ2n) is 4.53. The van der Waals surface area contributed by atoms with Gasteiger partial charge in [0.2, 0.25) is 0 Å². The third-order valence-corrected chi connectivity index (χ3v) is 4.03. The fraction of sp³-hybridized carbons (Fsp3) is 0.600. The Morgan fingerprint density at radius 1 is 1.58 bits per heavy atom. The summed E-state index contributed by atoms with van der Waals surface area (Å²) in [7, 11) is -0.132. The number of aromatic nitrogens is 2. The average Bonchev–Trinajstić information content (AvgIpc) is 2.75. The molecule has 1 heterocycles. The molecule has 0 aliphatic rings. The van der Waals surface area contributed by atoms with Gasteiger partial charge in [-0.2, -0.15) is 5.10 Å². The molecule has 0 amide bonds. The van der Waals surface area contributed by atoms with Gasteiger partial charge in [-0.1, -0.05) is 0 Å². The number of H-pyrrole nitrogens is 1. The zero-order valence-electron chi connectivity index (χ0n) is 11.0. The molecule has 1 aromatic heterocycles. The first-order valence-corrected chi connectivity index (χ1v) is 7.16. The first-order chi connectivity index (χ1) is 8.74. The second-order valence-corrected chi connectivity index (χ2v) is 6.18. The van der Waals surface area contributed by atoms with Gasteiger partial charge in [0, 0.05) is 6.04 Å². The number of nitrogens with zero attached hydrogens (tertiary/aromatic N) is 2. The summed E-state index contributed by atoms with van der Waals surface area (Å²) in [6.45, 7) is 2.44. The molecule has 0 bridgehead atoms. The van der Waals surface area contributed by atoms with Crippen molar-refractivity contribution in [3.8, 4) is 0 Å². The summed E-state index contributed by atoms with van der Waals surface area (Å²) in [4.78, 5) is 12.8. The normalized spacial score (nSPS) is 13.7. The third-order valence-electron chi connectivity index (χ3n) is 2.47. The summed E-state index contributed by atoms with van der Waals surface area (Å²) in [5.74, 6) is -1.34. The van der Waals surface area contributed by atoms with Crippen molar-refractivity contribution in [1.29, 1.82) is 0 Å². The molecule has 0 radical (unpaired) electrons. The van der Waals surface area contributed by atoms with Crippen LogP contribution in [0.25, 0.3) is 0 Å². The number of aromatic carboxylic acids is 1. The van der Waals surface area contributed by atoms with Gasteiger partial charge < -0.3 is 10.0 Å². The molecule has 0 saturated heterocycles. The molecule has 1 unspecified atom stereocenters. The van der Waals surface area contributed by atoms with Crippen LogP contribution in [-0.2, 0) is 10.0 Å². The molecule has 0 saturated carbocycles. The van der Waals surface area contributed by atoms with Crippen molar-refractivity contribution in [2.75, 3.05) is 20.6 Å². The first-order valence-electron chi connectivity index (χ1n) is 5.67. The SMILES string of the molecule is CC(CCN(C)C)NS(=O)(=O)c1[nH]ncc1C(=O)O. The molecule has 3 N–H and O–H groups in total. The highest BCUT2D eigenvalue weighted by atomic mass is 32.2. The van der Waals surface area contributed by atoms with E-state index in [1.165, 1.54) is 0 Å². The molecule has 8 nitrogen and oxygen atoms in total. The Balaban J connectivity index is 2.81. The molecular weight excluding hydrogens is 272 g/mol. The molecular formula is C10H18N4O4S. The van der Waals surface area contributed by atoms with E-state index in [0.717, 1.165) is 12.7 Å². The highest BCUT2D eigenvalue weighted by molar-refractivity contribution is 7.89. The predicted octanol–water partition coefficient (Wildman–Crippen LogP) is -0.274. The van der Waals surface area contributed by atoms with E-state index in [2.05, 4.69) is 14.9 Å². The Morgan fingerprint density at radius 2 is 2.21 bits per heavy atom. The number of aromatic amines is 1. The van der Waals surface area contributed by atoms with E-state index in [-0.39, 0.29) is 11.6 Å². The summed E-state index contributed by atoms with van der Waals surface area (Å²) in [5.41, 5.74) is -0.368. The van der Waals surface area contributed by atoms with Gasteiger partial charge in [0.1, 0.15) is 5.56 Å². The van der Waals surface area contributed by atoms with Crippen LogP contribution in [0.2, 0.25) is 0 Å². The maximum Gasteiger partial charge on any atom is 0.340 e. The molecule has 1 atom stereocenters. The highest BCUT2D eigenvalue weighted by Gasteiger charge is 2.26. The van der Waals surface area contributed by atoms with E-state index in [9.17, 15) is 13.2 Å². The summed E-state index contributed by atoms with van der Waals surface area (Å²) >= 11 is 0. The van der Waals surface area contributed by atoms with Crippen molar-refractivity contribution in [1.82, 2.24) is 19.8 Å². The predicted molar refractivity (Wildman–Crippen MR) is 68.5 cm³/mol. The van der Waals surface area contributed by atoms with Gasteiger partial charge >= 0.3 is 5.97 Å². The molecule has 108 valence electrons. The van der Waals surface area contributed by atoms with Crippen molar-refractivity contribution in [2.45, 2.75) is 24.4 Å². The van der Waals surface area contributed by atoms with Crippen molar-refractivity contribution in [3.63, 3.8) is 0 Å². The van der Waals surface area contributed by atoms with Gasteiger partial charge in [0.25, 0.3) is 10.0 Å². The van der Waals surface area contributed by atoms with Gasteiger partial charge in [-0.25, -0.2) is 17.9 Å². The van der Waals surface area contributed by atoms with Crippen LogP contribution in [0.1, 0.15) is 23.7 Å². The maximum atomic E-state index is 12.0. The quantitative estimate of drug-likeness (QED) is 0.636. The van der Waals surface area contributed by atoms with E-state index in [1.54, 1.807) is 6.92 Å². The fourth-order valence-corrected chi connectivity index (χ4v) is 2.83. The van der Waals surface area contributed by atoms with E-state index < -0.39 is 21.0 Å². The average molecular weight is 290 g/mol. The smallest absolute Gasteiger partial charge is 0.340 e. The van der Waals surface area contributed by atoms with E-state index in [0.29, 0.717) is 6.42 Å². The van der Waals surface area contributed by atoms with Crippen LogP contribution in [0.5, 0.6) is 0 Å². The van der Waals surface area contributed by atoms with Gasteiger partial charge in [-0.15, -0.1) is 0 Å². The van der Waals surface area contributed by atoms with Crippen molar-refractivity contribution in [2.24, 2.45) is 0 Å². The minimum Gasteiger partial charge on any atom is -0.478 e. The number of nitrogens with one attached hydrogen (secondary N) is 2. The van der Waals surface area contributed by atoms with E-state index in [1.807, 2.05) is 19.0 Å². The number of carbonyl (C=O) groups is 1. The standard InChI is InChI=1S/C10H18N4O4S/c1-7(4-5-14(2)3)13-19(17,18)9-8(10(15)16)6-11-12-9/h6-7,13H,4-5H2,1-3H3,(H,11,12)(H,15,16).